The number of aromatic amines is 1. The second kappa shape index (κ2) is 5.07. The molecule has 100 valence electrons. The molecule has 1 unspecified atom stereocenters. The Morgan fingerprint density at radius 2 is 2.17 bits per heavy atom. The van der Waals surface area contributed by atoms with Crippen LogP contribution < -0.4 is 5.32 Å². The van der Waals surface area contributed by atoms with Crippen molar-refractivity contribution in [1.29, 1.82) is 0 Å². The summed E-state index contributed by atoms with van der Waals surface area (Å²) in [6, 6.07) is -1.17. The molecule has 0 saturated heterocycles. The number of carbonyl (C=O) groups is 2. The van der Waals surface area contributed by atoms with Crippen molar-refractivity contribution in [2.24, 2.45) is 0 Å². The van der Waals surface area contributed by atoms with Crippen LogP contribution in [0.15, 0.2) is 6.33 Å². The molecule has 1 amide bonds. The van der Waals surface area contributed by atoms with Gasteiger partial charge in [-0.25, -0.2) is 9.78 Å². The van der Waals surface area contributed by atoms with Gasteiger partial charge in [-0.2, -0.15) is 13.2 Å². The predicted molar refractivity (Wildman–Crippen MR) is 53.1 cm³/mol. The molecule has 3 N–H and O–H groups in total. The monoisotopic (exact) mass is 265 g/mol. The molecule has 6 nitrogen and oxygen atoms in total. The Bertz CT molecular complexity index is 455. The number of aromatic nitrogens is 2. The largest absolute Gasteiger partial charge is 0.477 e. The Morgan fingerprint density at radius 1 is 1.56 bits per heavy atom. The van der Waals surface area contributed by atoms with E-state index in [4.69, 9.17) is 5.11 Å². The summed E-state index contributed by atoms with van der Waals surface area (Å²) in [6.07, 6.45) is -4.63. The molecule has 0 fully saturated rings. The molecule has 0 spiro atoms. The Kier molecular flexibility index (Phi) is 3.94. The number of carbonyl (C=O) groups excluding carboxylic acids is 1. The third-order valence-electron chi connectivity index (χ3n) is 1.98. The molecule has 0 radical (unpaired) electrons. The van der Waals surface area contributed by atoms with Gasteiger partial charge in [-0.15, -0.1) is 0 Å². The highest BCUT2D eigenvalue weighted by Crippen LogP contribution is 2.21. The van der Waals surface area contributed by atoms with E-state index in [2.05, 4.69) is 9.97 Å². The van der Waals surface area contributed by atoms with E-state index >= 15 is 0 Å². The first kappa shape index (κ1) is 14.0. The van der Waals surface area contributed by atoms with Crippen LogP contribution in [0.5, 0.6) is 0 Å². The molecule has 0 aliphatic carbocycles. The number of aromatic carboxylic acids is 1. The quantitative estimate of drug-likeness (QED) is 0.761. The van der Waals surface area contributed by atoms with Crippen LogP contribution in [0.1, 0.15) is 34.3 Å². The van der Waals surface area contributed by atoms with Crippen LogP contribution in [0.25, 0.3) is 0 Å². The first-order chi connectivity index (χ1) is 8.20. The van der Waals surface area contributed by atoms with Gasteiger partial charge in [0.15, 0.2) is 11.4 Å². The van der Waals surface area contributed by atoms with Crippen molar-refractivity contribution in [2.75, 3.05) is 0 Å². The van der Waals surface area contributed by atoms with Crippen molar-refractivity contribution in [3.8, 4) is 0 Å². The molecule has 1 aromatic rings. The summed E-state index contributed by atoms with van der Waals surface area (Å²) in [5, 5.41) is 10.7. The highest BCUT2D eigenvalue weighted by atomic mass is 19.4. The van der Waals surface area contributed by atoms with Gasteiger partial charge in [0.2, 0.25) is 0 Å². The topological polar surface area (TPSA) is 95.1 Å². The van der Waals surface area contributed by atoms with E-state index in [1.54, 1.807) is 0 Å². The molecule has 0 bridgehead atoms. The maximum absolute atomic E-state index is 12.0. The first-order valence-electron chi connectivity index (χ1n) is 4.85. The van der Waals surface area contributed by atoms with Gasteiger partial charge in [-0.05, 0) is 6.92 Å². The number of halogens is 3. The SMILES string of the molecule is CC(CC(F)(F)F)NC(=O)c1nc[nH]c1C(=O)O. The highest BCUT2D eigenvalue weighted by Gasteiger charge is 2.31. The third kappa shape index (κ3) is 3.75. The lowest BCUT2D eigenvalue weighted by Gasteiger charge is -2.15. The van der Waals surface area contributed by atoms with Crippen LogP contribution >= 0.6 is 0 Å². The van der Waals surface area contributed by atoms with Crippen LogP contribution in [0.4, 0.5) is 13.2 Å². The van der Waals surface area contributed by atoms with Gasteiger partial charge in [0, 0.05) is 6.04 Å². The minimum atomic E-state index is -4.41. The molecular formula is C9H10F3N3O3. The van der Waals surface area contributed by atoms with Crippen LogP contribution in [-0.4, -0.2) is 39.2 Å². The number of amides is 1. The predicted octanol–water partition coefficient (Wildman–Crippen LogP) is 1.18. The lowest BCUT2D eigenvalue weighted by atomic mass is 10.2. The fraction of sp³-hybridized carbons (Fsp3) is 0.444. The second-order valence-electron chi connectivity index (χ2n) is 3.63. The number of carboxylic acid groups (broad SMARTS) is 1. The van der Waals surface area contributed by atoms with Crippen molar-refractivity contribution in [1.82, 2.24) is 15.3 Å². The molecular weight excluding hydrogens is 255 g/mol. The van der Waals surface area contributed by atoms with E-state index < -0.39 is 41.9 Å². The molecule has 1 rings (SSSR count). The normalized spacial score (nSPS) is 13.1. The molecule has 1 aromatic heterocycles. The zero-order valence-electron chi connectivity index (χ0n) is 9.21. The molecule has 1 heterocycles. The average molecular weight is 265 g/mol. The number of hydrogen-bond acceptors (Lipinski definition) is 3. The maximum Gasteiger partial charge on any atom is 0.391 e. The van der Waals surface area contributed by atoms with Gasteiger partial charge < -0.3 is 15.4 Å². The van der Waals surface area contributed by atoms with Gasteiger partial charge >= 0.3 is 12.1 Å². The summed E-state index contributed by atoms with van der Waals surface area (Å²) >= 11 is 0. The minimum Gasteiger partial charge on any atom is -0.477 e. The van der Waals surface area contributed by atoms with E-state index in [1.165, 1.54) is 6.92 Å². The Morgan fingerprint density at radius 3 is 2.67 bits per heavy atom. The van der Waals surface area contributed by atoms with Crippen LogP contribution in [-0.2, 0) is 0 Å². The van der Waals surface area contributed by atoms with E-state index in [-0.39, 0.29) is 0 Å². The maximum atomic E-state index is 12.0. The molecule has 0 aliphatic heterocycles. The van der Waals surface area contributed by atoms with E-state index in [1.807, 2.05) is 5.32 Å². The lowest BCUT2D eigenvalue weighted by Crippen LogP contribution is -2.36. The van der Waals surface area contributed by atoms with Crippen molar-refractivity contribution < 1.29 is 27.9 Å². The smallest absolute Gasteiger partial charge is 0.391 e. The third-order valence-corrected chi connectivity index (χ3v) is 1.98. The van der Waals surface area contributed by atoms with Crippen molar-refractivity contribution in [3.05, 3.63) is 17.7 Å². The minimum absolute atomic E-state index is 0.448. The Balaban J connectivity index is 2.71. The van der Waals surface area contributed by atoms with E-state index in [9.17, 15) is 22.8 Å². The summed E-state index contributed by atoms with van der Waals surface area (Å²) in [4.78, 5) is 27.8. The van der Waals surface area contributed by atoms with Gasteiger partial charge in [0.05, 0.1) is 12.7 Å². The number of nitrogens with one attached hydrogen (secondary N) is 2. The number of imidazole rings is 1. The van der Waals surface area contributed by atoms with E-state index in [0.29, 0.717) is 0 Å². The molecule has 18 heavy (non-hydrogen) atoms. The fourth-order valence-electron chi connectivity index (χ4n) is 1.32. The molecule has 9 heteroatoms. The zero-order valence-corrected chi connectivity index (χ0v) is 9.21. The zero-order chi connectivity index (χ0) is 13.9. The van der Waals surface area contributed by atoms with Crippen LogP contribution in [0, 0.1) is 0 Å². The van der Waals surface area contributed by atoms with Gasteiger partial charge in [-0.1, -0.05) is 0 Å². The second-order valence-corrected chi connectivity index (χ2v) is 3.63. The number of alkyl halides is 3. The van der Waals surface area contributed by atoms with E-state index in [0.717, 1.165) is 6.33 Å². The fourth-order valence-corrected chi connectivity index (χ4v) is 1.32. The van der Waals surface area contributed by atoms with Gasteiger partial charge in [0.1, 0.15) is 0 Å². The summed E-state index contributed by atoms with van der Waals surface area (Å²) < 4.78 is 36.1. The van der Waals surface area contributed by atoms with Crippen LogP contribution in [0.2, 0.25) is 0 Å². The summed E-state index contributed by atoms with van der Waals surface area (Å²) in [6.45, 7) is 1.17. The first-order valence-corrected chi connectivity index (χ1v) is 4.85. The van der Waals surface area contributed by atoms with Crippen LogP contribution in [0.3, 0.4) is 0 Å². The number of rotatable bonds is 4. The number of H-pyrrole nitrogens is 1. The van der Waals surface area contributed by atoms with Gasteiger partial charge in [-0.3, -0.25) is 4.79 Å². The summed E-state index contributed by atoms with van der Waals surface area (Å²) in [5.41, 5.74) is -0.914. The molecule has 0 aromatic carbocycles. The summed E-state index contributed by atoms with van der Waals surface area (Å²) in [5.74, 6) is -2.38. The molecule has 0 saturated carbocycles. The Labute approximate surface area is 99.2 Å². The van der Waals surface area contributed by atoms with Crippen molar-refractivity contribution in [2.45, 2.75) is 25.6 Å². The number of carboxylic acids is 1. The number of nitrogens with zero attached hydrogens (tertiary/aromatic N) is 1. The molecule has 1 atom stereocenters. The highest BCUT2D eigenvalue weighted by molar-refractivity contribution is 6.02. The Hall–Kier alpha value is -2.06. The summed E-state index contributed by atoms with van der Waals surface area (Å²) in [7, 11) is 0. The van der Waals surface area contributed by atoms with Gasteiger partial charge in [0.25, 0.3) is 5.91 Å². The standard InChI is InChI=1S/C9H10F3N3O3/c1-4(2-9(10,11)12)15-7(16)5-6(8(17)18)14-3-13-5/h3-4H,2H2,1H3,(H,13,14)(H,15,16)(H,17,18). The number of hydrogen-bond donors (Lipinski definition) is 3. The lowest BCUT2D eigenvalue weighted by molar-refractivity contribution is -0.138. The van der Waals surface area contributed by atoms with Crippen molar-refractivity contribution in [3.63, 3.8) is 0 Å². The average Bonchev–Trinajstić information content (AvgIpc) is 2.61. The van der Waals surface area contributed by atoms with Crippen molar-refractivity contribution >= 4 is 11.9 Å². The molecule has 0 aliphatic rings.